The molecule has 0 aromatic rings. The molecule has 0 saturated heterocycles. The molecule has 30 valence electrons. The molecule has 2 N–H and O–H groups in total. The third kappa shape index (κ3) is 0.428. The van der Waals surface area contributed by atoms with Crippen LogP contribution in [0.2, 0.25) is 0 Å². The van der Waals surface area contributed by atoms with Gasteiger partial charge < -0.3 is 5.73 Å². The summed E-state index contributed by atoms with van der Waals surface area (Å²) in [5.41, 5.74) is 5.37. The first-order chi connectivity index (χ1) is 2.30. The van der Waals surface area contributed by atoms with Crippen LogP contribution in [-0.4, -0.2) is 6.04 Å². The van der Waals surface area contributed by atoms with Gasteiger partial charge in [-0.05, 0) is 12.3 Å². The van der Waals surface area contributed by atoms with Crippen LogP contribution in [0.5, 0.6) is 0 Å². The van der Waals surface area contributed by atoms with Gasteiger partial charge in [-0.2, -0.15) is 0 Å². The molecular weight excluding hydrogens is 62.1 g/mol. The molecule has 5 heavy (non-hydrogen) atoms. The Bertz CT molecular complexity index is 36.9. The van der Waals surface area contributed by atoms with Gasteiger partial charge in [-0.3, -0.25) is 0 Å². The van der Waals surface area contributed by atoms with E-state index in [2.05, 4.69) is 6.92 Å². The van der Waals surface area contributed by atoms with Crippen molar-refractivity contribution in [3.63, 3.8) is 0 Å². The number of rotatable bonds is 0. The molecule has 1 heteroatoms. The van der Waals surface area contributed by atoms with E-state index < -0.39 is 0 Å². The van der Waals surface area contributed by atoms with E-state index in [9.17, 15) is 0 Å². The fraction of sp³-hybridized carbons (Fsp3) is 1.00. The van der Waals surface area contributed by atoms with Crippen molar-refractivity contribution in [2.75, 3.05) is 0 Å². The smallest absolute Gasteiger partial charge is 0.00682 e. The summed E-state index contributed by atoms with van der Waals surface area (Å²) in [6.07, 6.45) is 1.25. The van der Waals surface area contributed by atoms with Crippen molar-refractivity contribution in [3.05, 3.63) is 0 Å². The third-order valence-corrected chi connectivity index (χ3v) is 1.17. The molecule has 0 amide bonds. The van der Waals surface area contributed by atoms with Crippen LogP contribution in [0, 0.1) is 5.92 Å². The van der Waals surface area contributed by atoms with E-state index in [1.165, 1.54) is 6.42 Å². The van der Waals surface area contributed by atoms with E-state index in [-0.39, 0.29) is 0 Å². The van der Waals surface area contributed by atoms with Gasteiger partial charge in [0.25, 0.3) is 0 Å². The van der Waals surface area contributed by atoms with Crippen LogP contribution in [0.3, 0.4) is 0 Å². The highest BCUT2D eigenvalue weighted by atomic mass is 14.7. The summed E-state index contributed by atoms with van der Waals surface area (Å²) >= 11 is 0. The summed E-state index contributed by atoms with van der Waals surface area (Å²) in [6, 6.07) is 0.551. The van der Waals surface area contributed by atoms with Crippen LogP contribution < -0.4 is 5.73 Å². The second kappa shape index (κ2) is 0.716. The van der Waals surface area contributed by atoms with Gasteiger partial charge in [-0.1, -0.05) is 6.92 Å². The van der Waals surface area contributed by atoms with Gasteiger partial charge in [0.2, 0.25) is 0 Å². The first-order valence-electron chi connectivity index (χ1n) is 2.06. The lowest BCUT2D eigenvalue weighted by Crippen LogP contribution is -1.98. The Labute approximate surface area is 32.2 Å². The maximum atomic E-state index is 5.37. The van der Waals surface area contributed by atoms with Gasteiger partial charge in [0.05, 0.1) is 0 Å². The Morgan fingerprint density at radius 2 is 2.00 bits per heavy atom. The van der Waals surface area contributed by atoms with E-state index in [4.69, 9.17) is 5.73 Å². The maximum Gasteiger partial charge on any atom is 0.00682 e. The summed E-state index contributed by atoms with van der Waals surface area (Å²) < 4.78 is 0. The van der Waals surface area contributed by atoms with Crippen LogP contribution in [-0.2, 0) is 0 Å². The molecule has 0 aliphatic heterocycles. The lowest BCUT2D eigenvalue weighted by Gasteiger charge is -1.69. The van der Waals surface area contributed by atoms with Gasteiger partial charge in [0.1, 0.15) is 0 Å². The topological polar surface area (TPSA) is 26.0 Å². The van der Waals surface area contributed by atoms with Crippen molar-refractivity contribution in [1.82, 2.24) is 0 Å². The quantitative estimate of drug-likeness (QED) is 0.438. The van der Waals surface area contributed by atoms with Crippen LogP contribution >= 0.6 is 0 Å². The molecule has 1 saturated carbocycles. The van der Waals surface area contributed by atoms with E-state index in [0.717, 1.165) is 5.92 Å². The summed E-state index contributed by atoms with van der Waals surface area (Å²) in [6.45, 7) is 2.17. The predicted molar refractivity (Wildman–Crippen MR) is 21.8 cm³/mol. The fourth-order valence-electron chi connectivity index (χ4n) is 0.351. The van der Waals surface area contributed by atoms with E-state index in [1.807, 2.05) is 0 Å². The second-order valence-corrected chi connectivity index (χ2v) is 1.88. The first-order valence-corrected chi connectivity index (χ1v) is 2.06. The van der Waals surface area contributed by atoms with E-state index in [1.54, 1.807) is 0 Å². The van der Waals surface area contributed by atoms with Gasteiger partial charge in [0, 0.05) is 6.04 Å². The molecule has 1 rings (SSSR count). The second-order valence-electron chi connectivity index (χ2n) is 1.88. The summed E-state index contributed by atoms with van der Waals surface area (Å²) in [7, 11) is 0. The lowest BCUT2D eigenvalue weighted by molar-refractivity contribution is 0.895. The summed E-state index contributed by atoms with van der Waals surface area (Å²) in [4.78, 5) is 0. The predicted octanol–water partition coefficient (Wildman–Crippen LogP) is 0.354. The largest absolute Gasteiger partial charge is 0.327 e. The van der Waals surface area contributed by atoms with Gasteiger partial charge in [-0.25, -0.2) is 0 Å². The Morgan fingerprint density at radius 1 is 1.80 bits per heavy atom. The van der Waals surface area contributed by atoms with Crippen LogP contribution in [0.4, 0.5) is 0 Å². The molecule has 0 aromatic carbocycles. The highest BCUT2D eigenvalue weighted by molar-refractivity contribution is 4.85. The number of hydrogen-bond acceptors (Lipinski definition) is 1. The van der Waals surface area contributed by atoms with E-state index >= 15 is 0 Å². The zero-order chi connectivity index (χ0) is 3.86. The highest BCUT2D eigenvalue weighted by Gasteiger charge is 2.27. The van der Waals surface area contributed by atoms with Crippen LogP contribution in [0.25, 0.3) is 0 Å². The average Bonchev–Trinajstić information content (AvgIpc) is 1.79. The van der Waals surface area contributed by atoms with Gasteiger partial charge in [-0.15, -0.1) is 0 Å². The van der Waals surface area contributed by atoms with Gasteiger partial charge >= 0.3 is 0 Å². The molecular formula is C4H9N. The lowest BCUT2D eigenvalue weighted by atomic mass is 10.5. The molecule has 1 nitrogen and oxygen atoms in total. The summed E-state index contributed by atoms with van der Waals surface area (Å²) in [5, 5.41) is 0. The Hall–Kier alpha value is -0.0400. The molecule has 0 bridgehead atoms. The molecule has 1 aliphatic carbocycles. The third-order valence-electron chi connectivity index (χ3n) is 1.17. The van der Waals surface area contributed by atoms with Crippen molar-refractivity contribution >= 4 is 0 Å². The normalized spacial score (nSPS) is 49.2. The monoisotopic (exact) mass is 71.1 g/mol. The minimum Gasteiger partial charge on any atom is -0.327 e. The van der Waals surface area contributed by atoms with Crippen molar-refractivity contribution in [2.24, 2.45) is 11.7 Å². The Kier molecular flexibility index (Phi) is 0.453. The highest BCUT2D eigenvalue weighted by Crippen LogP contribution is 2.25. The zero-order valence-corrected chi connectivity index (χ0v) is 3.44. The van der Waals surface area contributed by atoms with Crippen LogP contribution in [0.15, 0.2) is 0 Å². The summed E-state index contributed by atoms with van der Waals surface area (Å²) in [5.74, 6) is 0.829. The Balaban J connectivity index is 2.20. The first kappa shape index (κ1) is 3.16. The Morgan fingerprint density at radius 3 is 2.00 bits per heavy atom. The standard InChI is InChI=1S/C4H9N/c1-3-2-4(3)5/h3-4H,2,5H2,1H3/t3-,4+/m1/s1. The van der Waals surface area contributed by atoms with Crippen LogP contribution in [0.1, 0.15) is 13.3 Å². The maximum absolute atomic E-state index is 5.37. The van der Waals surface area contributed by atoms with Crippen molar-refractivity contribution < 1.29 is 0 Å². The number of nitrogens with two attached hydrogens (primary N) is 1. The molecule has 0 unspecified atom stereocenters. The van der Waals surface area contributed by atoms with E-state index in [0.29, 0.717) is 6.04 Å². The zero-order valence-electron chi connectivity index (χ0n) is 3.44. The molecule has 1 fully saturated rings. The number of hydrogen-bond donors (Lipinski definition) is 1. The van der Waals surface area contributed by atoms with Crippen molar-refractivity contribution in [2.45, 2.75) is 19.4 Å². The molecule has 0 spiro atoms. The van der Waals surface area contributed by atoms with Crippen molar-refractivity contribution in [1.29, 1.82) is 0 Å². The SMILES string of the molecule is C[C@@H]1C[C@@H]1N. The van der Waals surface area contributed by atoms with Crippen molar-refractivity contribution in [3.8, 4) is 0 Å². The average molecular weight is 71.1 g/mol. The molecule has 2 atom stereocenters. The molecule has 1 aliphatic rings. The minimum atomic E-state index is 0.551. The fourth-order valence-corrected chi connectivity index (χ4v) is 0.351. The molecule has 0 aromatic heterocycles. The minimum absolute atomic E-state index is 0.551. The molecule has 0 heterocycles. The van der Waals surface area contributed by atoms with Gasteiger partial charge in [0.15, 0.2) is 0 Å². The molecule has 0 radical (unpaired) electrons.